The van der Waals surface area contributed by atoms with Gasteiger partial charge >= 0.3 is 0 Å². The van der Waals surface area contributed by atoms with Crippen LogP contribution in [0.15, 0.2) is 5.38 Å². The van der Waals surface area contributed by atoms with E-state index in [1.165, 1.54) is 32.1 Å². The molecule has 0 N–H and O–H groups in total. The topological polar surface area (TPSA) is 30.0 Å². The summed E-state index contributed by atoms with van der Waals surface area (Å²) in [6, 6.07) is 0. The minimum absolute atomic E-state index is 0.648. The van der Waals surface area contributed by atoms with E-state index < -0.39 is 10.8 Å². The Morgan fingerprint density at radius 3 is 2.88 bits per heavy atom. The molecule has 1 aromatic heterocycles. The number of hydrogen-bond acceptors (Lipinski definition) is 3. The van der Waals surface area contributed by atoms with Crippen LogP contribution in [0.5, 0.6) is 0 Å². The molecule has 0 spiro atoms. The lowest BCUT2D eigenvalue weighted by atomic mass is 10.0. The molecular formula is C13H21NOS2. The van der Waals surface area contributed by atoms with Gasteiger partial charge in [-0.25, -0.2) is 4.98 Å². The summed E-state index contributed by atoms with van der Waals surface area (Å²) < 4.78 is 11.9. The average molecular weight is 271 g/mol. The lowest BCUT2D eigenvalue weighted by Gasteiger charge is -2.07. The van der Waals surface area contributed by atoms with Crippen molar-refractivity contribution in [2.45, 2.75) is 51.2 Å². The van der Waals surface area contributed by atoms with Crippen molar-refractivity contribution >= 4 is 22.1 Å². The van der Waals surface area contributed by atoms with Crippen LogP contribution in [-0.4, -0.2) is 14.9 Å². The van der Waals surface area contributed by atoms with Crippen molar-refractivity contribution in [1.82, 2.24) is 4.98 Å². The van der Waals surface area contributed by atoms with Crippen molar-refractivity contribution in [2.75, 3.05) is 5.75 Å². The second-order valence-electron chi connectivity index (χ2n) is 4.94. The predicted molar refractivity (Wildman–Crippen MR) is 74.8 cm³/mol. The normalized spacial score (nSPS) is 18.6. The van der Waals surface area contributed by atoms with Gasteiger partial charge in [0.2, 0.25) is 0 Å². The number of hydrogen-bond donors (Lipinski definition) is 0. The largest absolute Gasteiger partial charge is 0.259 e. The molecule has 0 bridgehead atoms. The van der Waals surface area contributed by atoms with Crippen LogP contribution in [0.1, 0.15) is 49.2 Å². The van der Waals surface area contributed by atoms with Crippen molar-refractivity contribution in [3.63, 3.8) is 0 Å². The molecule has 0 radical (unpaired) electrons. The van der Waals surface area contributed by atoms with Gasteiger partial charge in [-0.3, -0.25) is 4.21 Å². The van der Waals surface area contributed by atoms with Gasteiger partial charge in [0.25, 0.3) is 0 Å². The van der Waals surface area contributed by atoms with Gasteiger partial charge in [-0.15, -0.1) is 11.3 Å². The molecule has 17 heavy (non-hydrogen) atoms. The Morgan fingerprint density at radius 2 is 2.24 bits per heavy atom. The fourth-order valence-corrected chi connectivity index (χ4v) is 4.37. The Hall–Kier alpha value is -0.220. The highest BCUT2D eigenvalue weighted by Gasteiger charge is 2.14. The maximum Gasteiger partial charge on any atom is 0.0897 e. The standard InChI is InChI=1S/C13H21NOS2/c1-11-14-13(9-16-11)10-17(15)8-4-7-12-5-2-3-6-12/h9,12H,2-8,10H2,1H3/t17-/m1/s1. The maximum atomic E-state index is 11.9. The van der Waals surface area contributed by atoms with Crippen LogP contribution in [0, 0.1) is 12.8 Å². The van der Waals surface area contributed by atoms with Crippen molar-refractivity contribution in [2.24, 2.45) is 5.92 Å². The molecule has 0 saturated heterocycles. The summed E-state index contributed by atoms with van der Waals surface area (Å²) in [5.74, 6) is 2.43. The quantitative estimate of drug-likeness (QED) is 0.790. The van der Waals surface area contributed by atoms with Gasteiger partial charge in [-0.1, -0.05) is 25.7 Å². The van der Waals surface area contributed by atoms with Crippen molar-refractivity contribution in [1.29, 1.82) is 0 Å². The van der Waals surface area contributed by atoms with Crippen LogP contribution in [0.25, 0.3) is 0 Å². The molecule has 1 atom stereocenters. The van der Waals surface area contributed by atoms with E-state index in [2.05, 4.69) is 4.98 Å². The van der Waals surface area contributed by atoms with Gasteiger partial charge in [-0.05, 0) is 25.7 Å². The smallest absolute Gasteiger partial charge is 0.0897 e. The molecule has 0 unspecified atom stereocenters. The van der Waals surface area contributed by atoms with E-state index >= 15 is 0 Å². The van der Waals surface area contributed by atoms with Crippen molar-refractivity contribution in [3.05, 3.63) is 16.1 Å². The van der Waals surface area contributed by atoms with Crippen molar-refractivity contribution in [3.8, 4) is 0 Å². The van der Waals surface area contributed by atoms with E-state index in [9.17, 15) is 4.21 Å². The summed E-state index contributed by atoms with van der Waals surface area (Å²) in [5.41, 5.74) is 1.01. The Labute approximate surface area is 110 Å². The second-order valence-corrected chi connectivity index (χ2v) is 7.58. The number of aromatic nitrogens is 1. The van der Waals surface area contributed by atoms with Crippen LogP contribution in [0.4, 0.5) is 0 Å². The zero-order chi connectivity index (χ0) is 12.1. The van der Waals surface area contributed by atoms with Gasteiger partial charge in [0.05, 0.1) is 16.5 Å². The van der Waals surface area contributed by atoms with E-state index in [-0.39, 0.29) is 0 Å². The molecular weight excluding hydrogens is 250 g/mol. The molecule has 0 aromatic carbocycles. The Balaban J connectivity index is 1.63. The first-order valence-electron chi connectivity index (χ1n) is 6.50. The lowest BCUT2D eigenvalue weighted by Crippen LogP contribution is -2.03. The van der Waals surface area contributed by atoms with Gasteiger partial charge in [0, 0.05) is 21.9 Å². The van der Waals surface area contributed by atoms with Crippen LogP contribution in [-0.2, 0) is 16.6 Å². The number of aryl methyl sites for hydroxylation is 1. The van der Waals surface area contributed by atoms with Gasteiger partial charge < -0.3 is 0 Å². The molecule has 1 fully saturated rings. The zero-order valence-electron chi connectivity index (χ0n) is 10.5. The van der Waals surface area contributed by atoms with Gasteiger partial charge in [0.15, 0.2) is 0 Å². The first-order valence-corrected chi connectivity index (χ1v) is 8.87. The third-order valence-electron chi connectivity index (χ3n) is 3.43. The van der Waals surface area contributed by atoms with E-state index in [0.717, 1.165) is 28.8 Å². The first-order chi connectivity index (χ1) is 8.24. The lowest BCUT2D eigenvalue weighted by molar-refractivity contribution is 0.497. The number of thiazole rings is 1. The Kier molecular flexibility index (Phi) is 5.16. The molecule has 96 valence electrons. The fourth-order valence-electron chi connectivity index (χ4n) is 2.54. The molecule has 1 aliphatic carbocycles. The van der Waals surface area contributed by atoms with Gasteiger partial charge in [-0.2, -0.15) is 0 Å². The van der Waals surface area contributed by atoms with E-state index in [0.29, 0.717) is 5.75 Å². The summed E-state index contributed by atoms with van der Waals surface area (Å²) >= 11 is 1.65. The predicted octanol–water partition coefficient (Wildman–Crippen LogP) is 3.67. The molecule has 2 nitrogen and oxygen atoms in total. The van der Waals surface area contributed by atoms with Crippen LogP contribution in [0.2, 0.25) is 0 Å². The van der Waals surface area contributed by atoms with E-state index in [1.807, 2.05) is 12.3 Å². The van der Waals surface area contributed by atoms with E-state index in [4.69, 9.17) is 0 Å². The van der Waals surface area contributed by atoms with E-state index in [1.54, 1.807) is 11.3 Å². The summed E-state index contributed by atoms with van der Waals surface area (Å²) in [6.07, 6.45) is 8.02. The SMILES string of the molecule is Cc1nc(C[S@](=O)CCCC2CCCC2)cs1. The minimum Gasteiger partial charge on any atom is -0.259 e. The number of rotatable bonds is 6. The highest BCUT2D eigenvalue weighted by atomic mass is 32.2. The van der Waals surface area contributed by atoms with Crippen LogP contribution < -0.4 is 0 Å². The molecule has 1 saturated carbocycles. The minimum atomic E-state index is -0.713. The third kappa shape index (κ3) is 4.51. The van der Waals surface area contributed by atoms with Crippen LogP contribution in [0.3, 0.4) is 0 Å². The first kappa shape index (κ1) is 13.2. The molecule has 1 heterocycles. The summed E-state index contributed by atoms with van der Waals surface area (Å²) in [4.78, 5) is 4.36. The average Bonchev–Trinajstić information content (AvgIpc) is 2.90. The maximum absolute atomic E-state index is 11.9. The molecule has 0 aliphatic heterocycles. The Morgan fingerprint density at radius 1 is 1.47 bits per heavy atom. The van der Waals surface area contributed by atoms with Gasteiger partial charge in [0.1, 0.15) is 0 Å². The molecule has 0 amide bonds. The van der Waals surface area contributed by atoms with Crippen molar-refractivity contribution < 1.29 is 4.21 Å². The van der Waals surface area contributed by atoms with Crippen LogP contribution >= 0.6 is 11.3 Å². The number of nitrogens with zero attached hydrogens (tertiary/aromatic N) is 1. The second kappa shape index (κ2) is 6.64. The highest BCUT2D eigenvalue weighted by molar-refractivity contribution is 7.84. The molecule has 4 heteroatoms. The fraction of sp³-hybridized carbons (Fsp3) is 0.769. The highest BCUT2D eigenvalue weighted by Crippen LogP contribution is 2.28. The Bertz CT molecular complexity index is 369. The molecule has 1 aliphatic rings. The summed E-state index contributed by atoms with van der Waals surface area (Å²) in [6.45, 7) is 2.00. The summed E-state index contributed by atoms with van der Waals surface area (Å²) in [7, 11) is -0.713. The molecule has 2 rings (SSSR count). The zero-order valence-corrected chi connectivity index (χ0v) is 12.1. The third-order valence-corrected chi connectivity index (χ3v) is 5.62. The summed E-state index contributed by atoms with van der Waals surface area (Å²) in [5, 5.41) is 3.10. The monoisotopic (exact) mass is 271 g/mol. The molecule has 1 aromatic rings.